The summed E-state index contributed by atoms with van der Waals surface area (Å²) in [5, 5.41) is 5.24. The van der Waals surface area contributed by atoms with Gasteiger partial charge in [0.1, 0.15) is 0 Å². The van der Waals surface area contributed by atoms with Gasteiger partial charge in [-0.25, -0.2) is 9.78 Å². The lowest BCUT2D eigenvalue weighted by atomic mass is 10.2. The van der Waals surface area contributed by atoms with Gasteiger partial charge in [0.25, 0.3) is 0 Å². The van der Waals surface area contributed by atoms with E-state index in [9.17, 15) is 4.79 Å². The molecule has 0 saturated heterocycles. The molecule has 7 heteroatoms. The van der Waals surface area contributed by atoms with Crippen molar-refractivity contribution in [3.63, 3.8) is 0 Å². The van der Waals surface area contributed by atoms with Crippen LogP contribution < -0.4 is 21.1 Å². The summed E-state index contributed by atoms with van der Waals surface area (Å²) in [7, 11) is 1.50. The Kier molecular flexibility index (Phi) is 4.68. The fourth-order valence-corrected chi connectivity index (χ4v) is 1.69. The van der Waals surface area contributed by atoms with E-state index in [0.29, 0.717) is 23.8 Å². The molecule has 1 aromatic carbocycles. The number of carbonyl (C=O) groups is 1. The SMILES string of the molecule is COc1cc(C)nc(NC(=O)Nc2ccc(CN)cc2)n1. The highest BCUT2D eigenvalue weighted by Gasteiger charge is 2.07. The molecule has 0 fully saturated rings. The third-order valence-corrected chi connectivity index (χ3v) is 2.71. The summed E-state index contributed by atoms with van der Waals surface area (Å²) in [5.74, 6) is 0.577. The summed E-state index contributed by atoms with van der Waals surface area (Å²) >= 11 is 0. The summed E-state index contributed by atoms with van der Waals surface area (Å²) in [4.78, 5) is 20.0. The van der Waals surface area contributed by atoms with Gasteiger partial charge in [-0.15, -0.1) is 0 Å². The Morgan fingerprint density at radius 1 is 1.24 bits per heavy atom. The highest BCUT2D eigenvalue weighted by Crippen LogP contribution is 2.12. The second kappa shape index (κ2) is 6.67. The van der Waals surface area contributed by atoms with Gasteiger partial charge in [0, 0.05) is 24.0 Å². The molecule has 2 aromatic rings. The van der Waals surface area contributed by atoms with E-state index in [1.165, 1.54) is 7.11 Å². The number of urea groups is 1. The van der Waals surface area contributed by atoms with E-state index >= 15 is 0 Å². The van der Waals surface area contributed by atoms with Gasteiger partial charge in [-0.2, -0.15) is 4.98 Å². The van der Waals surface area contributed by atoms with Gasteiger partial charge < -0.3 is 15.8 Å². The zero-order valence-corrected chi connectivity index (χ0v) is 11.9. The van der Waals surface area contributed by atoms with Crippen molar-refractivity contribution in [3.05, 3.63) is 41.6 Å². The minimum atomic E-state index is -0.428. The molecule has 1 heterocycles. The van der Waals surface area contributed by atoms with E-state index in [1.54, 1.807) is 25.1 Å². The topological polar surface area (TPSA) is 102 Å². The lowest BCUT2D eigenvalue weighted by Gasteiger charge is -2.08. The predicted octanol–water partition coefficient (Wildman–Crippen LogP) is 1.90. The number of nitrogens with two attached hydrogens (primary N) is 1. The Morgan fingerprint density at radius 3 is 2.57 bits per heavy atom. The Morgan fingerprint density at radius 2 is 1.95 bits per heavy atom. The molecule has 7 nitrogen and oxygen atoms in total. The number of benzene rings is 1. The maximum absolute atomic E-state index is 11.9. The lowest BCUT2D eigenvalue weighted by Crippen LogP contribution is -2.21. The second-order valence-electron chi connectivity index (χ2n) is 4.36. The number of ether oxygens (including phenoxy) is 1. The third kappa shape index (κ3) is 4.15. The Balaban J connectivity index is 2.02. The molecule has 0 aliphatic carbocycles. The molecule has 0 spiro atoms. The van der Waals surface area contributed by atoms with Crippen molar-refractivity contribution in [2.75, 3.05) is 17.7 Å². The van der Waals surface area contributed by atoms with Crippen molar-refractivity contribution in [1.29, 1.82) is 0 Å². The average molecular weight is 287 g/mol. The van der Waals surface area contributed by atoms with E-state index in [1.807, 2.05) is 12.1 Å². The fourth-order valence-electron chi connectivity index (χ4n) is 1.69. The normalized spacial score (nSPS) is 10.0. The van der Waals surface area contributed by atoms with Crippen LogP contribution in [0.25, 0.3) is 0 Å². The highest BCUT2D eigenvalue weighted by molar-refractivity contribution is 5.98. The lowest BCUT2D eigenvalue weighted by molar-refractivity contribution is 0.262. The number of hydrogen-bond acceptors (Lipinski definition) is 5. The molecule has 0 atom stereocenters. The number of amides is 2. The van der Waals surface area contributed by atoms with Crippen molar-refractivity contribution >= 4 is 17.7 Å². The number of anilines is 2. The Labute approximate surface area is 122 Å². The number of methoxy groups -OCH3 is 1. The smallest absolute Gasteiger partial charge is 0.326 e. The number of aromatic nitrogens is 2. The average Bonchev–Trinajstić information content (AvgIpc) is 2.47. The first-order valence-electron chi connectivity index (χ1n) is 6.37. The number of carbonyl (C=O) groups excluding carboxylic acids is 1. The molecule has 2 amide bonds. The number of hydrogen-bond donors (Lipinski definition) is 3. The molecule has 0 aliphatic rings. The van der Waals surface area contributed by atoms with Gasteiger partial charge in [0.15, 0.2) is 0 Å². The number of nitrogens with zero attached hydrogens (tertiary/aromatic N) is 2. The summed E-state index contributed by atoms with van der Waals surface area (Å²) in [6, 6.07) is 8.50. The summed E-state index contributed by atoms with van der Waals surface area (Å²) < 4.78 is 5.03. The van der Waals surface area contributed by atoms with E-state index in [4.69, 9.17) is 10.5 Å². The van der Waals surface area contributed by atoms with Gasteiger partial charge in [0.05, 0.1) is 7.11 Å². The third-order valence-electron chi connectivity index (χ3n) is 2.71. The monoisotopic (exact) mass is 287 g/mol. The molecule has 1 aromatic heterocycles. The van der Waals surface area contributed by atoms with Crippen LogP contribution in [0.15, 0.2) is 30.3 Å². The summed E-state index contributed by atoms with van der Waals surface area (Å²) in [6.45, 7) is 2.25. The number of nitrogens with one attached hydrogen (secondary N) is 2. The Bertz CT molecular complexity index is 628. The summed E-state index contributed by atoms with van der Waals surface area (Å²) in [6.07, 6.45) is 0. The van der Waals surface area contributed by atoms with E-state index in [0.717, 1.165) is 5.56 Å². The molecular formula is C14H17N5O2. The van der Waals surface area contributed by atoms with E-state index in [2.05, 4.69) is 20.6 Å². The minimum absolute atomic E-state index is 0.183. The molecule has 4 N–H and O–H groups in total. The first kappa shape index (κ1) is 14.7. The van der Waals surface area contributed by atoms with Crippen molar-refractivity contribution in [1.82, 2.24) is 9.97 Å². The first-order chi connectivity index (χ1) is 10.1. The maximum Gasteiger partial charge on any atom is 0.326 e. The standard InChI is InChI=1S/C14H17N5O2/c1-9-7-12(21-2)18-13(16-9)19-14(20)17-11-5-3-10(8-15)4-6-11/h3-7H,8,15H2,1-2H3,(H2,16,17,18,19,20). The molecule has 2 rings (SSSR count). The molecule has 110 valence electrons. The molecule has 0 aliphatic heterocycles. The van der Waals surface area contributed by atoms with Crippen LogP contribution >= 0.6 is 0 Å². The van der Waals surface area contributed by atoms with Gasteiger partial charge in [0.2, 0.25) is 11.8 Å². The quantitative estimate of drug-likeness (QED) is 0.797. The molecular weight excluding hydrogens is 270 g/mol. The predicted molar refractivity (Wildman–Crippen MR) is 80.3 cm³/mol. The molecule has 0 radical (unpaired) electrons. The highest BCUT2D eigenvalue weighted by atomic mass is 16.5. The van der Waals surface area contributed by atoms with Gasteiger partial charge in [-0.05, 0) is 24.6 Å². The fraction of sp³-hybridized carbons (Fsp3) is 0.214. The van der Waals surface area contributed by atoms with Gasteiger partial charge in [-0.3, -0.25) is 5.32 Å². The first-order valence-corrected chi connectivity index (χ1v) is 6.37. The van der Waals surface area contributed by atoms with Crippen molar-refractivity contribution in [3.8, 4) is 5.88 Å². The van der Waals surface area contributed by atoms with Crippen LogP contribution in [0.2, 0.25) is 0 Å². The van der Waals surface area contributed by atoms with Crippen molar-refractivity contribution in [2.45, 2.75) is 13.5 Å². The van der Waals surface area contributed by atoms with E-state index in [-0.39, 0.29) is 5.95 Å². The zero-order chi connectivity index (χ0) is 15.2. The largest absolute Gasteiger partial charge is 0.481 e. The minimum Gasteiger partial charge on any atom is -0.481 e. The number of aryl methyl sites for hydroxylation is 1. The van der Waals surface area contributed by atoms with Crippen molar-refractivity contribution < 1.29 is 9.53 Å². The van der Waals surface area contributed by atoms with Crippen LogP contribution in [0.1, 0.15) is 11.3 Å². The van der Waals surface area contributed by atoms with E-state index < -0.39 is 6.03 Å². The molecule has 0 unspecified atom stereocenters. The van der Waals surface area contributed by atoms with Gasteiger partial charge >= 0.3 is 6.03 Å². The van der Waals surface area contributed by atoms with Crippen LogP contribution in [0.5, 0.6) is 5.88 Å². The molecule has 21 heavy (non-hydrogen) atoms. The van der Waals surface area contributed by atoms with Crippen LogP contribution in [0.4, 0.5) is 16.4 Å². The van der Waals surface area contributed by atoms with Crippen LogP contribution in [-0.4, -0.2) is 23.1 Å². The maximum atomic E-state index is 11.9. The Hall–Kier alpha value is -2.67. The number of rotatable bonds is 4. The van der Waals surface area contributed by atoms with Crippen molar-refractivity contribution in [2.24, 2.45) is 5.73 Å². The van der Waals surface area contributed by atoms with Crippen LogP contribution in [0.3, 0.4) is 0 Å². The van der Waals surface area contributed by atoms with Crippen LogP contribution in [0, 0.1) is 6.92 Å². The summed E-state index contributed by atoms with van der Waals surface area (Å²) in [5.41, 5.74) is 7.87. The van der Waals surface area contributed by atoms with Crippen LogP contribution in [-0.2, 0) is 6.54 Å². The molecule has 0 saturated carbocycles. The zero-order valence-electron chi connectivity index (χ0n) is 11.9. The van der Waals surface area contributed by atoms with Gasteiger partial charge in [-0.1, -0.05) is 12.1 Å². The molecule has 0 bridgehead atoms. The second-order valence-corrected chi connectivity index (χ2v) is 4.36.